The number of carbonyl (C=O) groups excluding carboxylic acids is 1. The van der Waals surface area contributed by atoms with Gasteiger partial charge in [0.2, 0.25) is 0 Å². The minimum absolute atomic E-state index is 0.228. The highest BCUT2D eigenvalue weighted by Crippen LogP contribution is 2.28. The molecule has 0 bridgehead atoms. The van der Waals surface area contributed by atoms with E-state index in [-0.39, 0.29) is 11.8 Å². The molecule has 0 atom stereocenters. The molecule has 5 nitrogen and oxygen atoms in total. The first-order valence-corrected chi connectivity index (χ1v) is 8.35. The maximum atomic E-state index is 13.9. The van der Waals surface area contributed by atoms with Gasteiger partial charge in [-0.3, -0.25) is 0 Å². The Kier molecular flexibility index (Phi) is 5.28. The molecule has 7 heteroatoms. The van der Waals surface area contributed by atoms with Gasteiger partial charge in [-0.05, 0) is 30.3 Å². The molecule has 132 valence electrons. The highest BCUT2D eigenvalue weighted by molar-refractivity contribution is 6.31. The average Bonchev–Trinajstić information content (AvgIpc) is 2.62. The predicted molar refractivity (Wildman–Crippen MR) is 97.2 cm³/mol. The summed E-state index contributed by atoms with van der Waals surface area (Å²) in [5.41, 5.74) is 1.09. The number of hydrogen-bond acceptors (Lipinski definition) is 3. The van der Waals surface area contributed by atoms with Crippen molar-refractivity contribution in [3.8, 4) is 5.75 Å². The van der Waals surface area contributed by atoms with Crippen LogP contribution in [0.15, 0.2) is 42.5 Å². The van der Waals surface area contributed by atoms with Gasteiger partial charge in [-0.1, -0.05) is 23.7 Å². The molecule has 0 unspecified atom stereocenters. The molecule has 2 amide bonds. The van der Waals surface area contributed by atoms with Gasteiger partial charge >= 0.3 is 6.03 Å². The molecule has 0 radical (unpaired) electrons. The third kappa shape index (κ3) is 3.96. The summed E-state index contributed by atoms with van der Waals surface area (Å²) in [6.07, 6.45) is 0. The predicted octanol–water partition coefficient (Wildman–Crippen LogP) is 3.84. The van der Waals surface area contributed by atoms with Gasteiger partial charge in [-0.2, -0.15) is 0 Å². The maximum Gasteiger partial charge on any atom is 0.322 e. The van der Waals surface area contributed by atoms with Crippen LogP contribution >= 0.6 is 11.6 Å². The molecule has 0 spiro atoms. The van der Waals surface area contributed by atoms with Crippen molar-refractivity contribution in [3.63, 3.8) is 0 Å². The number of para-hydroxylation sites is 1. The van der Waals surface area contributed by atoms with Crippen molar-refractivity contribution in [1.82, 2.24) is 4.90 Å². The topological polar surface area (TPSA) is 44.8 Å². The molecule has 2 aromatic rings. The highest BCUT2D eigenvalue weighted by atomic mass is 35.5. The second kappa shape index (κ2) is 7.61. The minimum Gasteiger partial charge on any atom is -0.495 e. The zero-order valence-electron chi connectivity index (χ0n) is 13.8. The van der Waals surface area contributed by atoms with Gasteiger partial charge in [0.1, 0.15) is 11.6 Å². The molecule has 1 fully saturated rings. The van der Waals surface area contributed by atoms with Crippen molar-refractivity contribution in [2.75, 3.05) is 43.5 Å². The fourth-order valence-corrected chi connectivity index (χ4v) is 3.00. The van der Waals surface area contributed by atoms with E-state index in [1.807, 2.05) is 11.0 Å². The van der Waals surface area contributed by atoms with Gasteiger partial charge in [0.05, 0.1) is 18.5 Å². The summed E-state index contributed by atoms with van der Waals surface area (Å²) in [5.74, 6) is 0.298. The van der Waals surface area contributed by atoms with Crippen LogP contribution < -0.4 is 15.0 Å². The number of urea groups is 1. The van der Waals surface area contributed by atoms with Crippen molar-refractivity contribution >= 4 is 29.0 Å². The summed E-state index contributed by atoms with van der Waals surface area (Å²) < 4.78 is 19.1. The van der Waals surface area contributed by atoms with E-state index < -0.39 is 0 Å². The minimum atomic E-state index is -0.246. The number of piperazine rings is 1. The van der Waals surface area contributed by atoms with E-state index in [2.05, 4.69) is 5.32 Å². The lowest BCUT2D eigenvalue weighted by Crippen LogP contribution is -2.50. The number of carbonyl (C=O) groups is 1. The molecule has 0 saturated carbocycles. The van der Waals surface area contributed by atoms with E-state index in [9.17, 15) is 9.18 Å². The van der Waals surface area contributed by atoms with Crippen molar-refractivity contribution in [2.24, 2.45) is 0 Å². The molecule has 1 aliphatic rings. The summed E-state index contributed by atoms with van der Waals surface area (Å²) in [6, 6.07) is 11.5. The Morgan fingerprint density at radius 2 is 1.88 bits per heavy atom. The maximum absolute atomic E-state index is 13.9. The van der Waals surface area contributed by atoms with E-state index in [1.165, 1.54) is 13.2 Å². The Morgan fingerprint density at radius 1 is 1.16 bits per heavy atom. The molecular formula is C18H19ClFN3O2. The monoisotopic (exact) mass is 363 g/mol. The van der Waals surface area contributed by atoms with E-state index in [0.717, 1.165) is 0 Å². The van der Waals surface area contributed by atoms with E-state index in [4.69, 9.17) is 16.3 Å². The molecule has 1 aliphatic heterocycles. The van der Waals surface area contributed by atoms with Gasteiger partial charge < -0.3 is 19.9 Å². The van der Waals surface area contributed by atoms with E-state index >= 15 is 0 Å². The molecule has 0 aliphatic carbocycles. The first-order valence-electron chi connectivity index (χ1n) is 7.97. The Morgan fingerprint density at radius 3 is 2.56 bits per heavy atom. The molecule has 1 N–H and O–H groups in total. The number of anilines is 2. The molecule has 25 heavy (non-hydrogen) atoms. The number of nitrogens with zero attached hydrogens (tertiary/aromatic N) is 2. The Balaban J connectivity index is 1.62. The van der Waals surface area contributed by atoms with Gasteiger partial charge in [-0.25, -0.2) is 9.18 Å². The Hall–Kier alpha value is -2.47. The van der Waals surface area contributed by atoms with Crippen molar-refractivity contribution in [2.45, 2.75) is 0 Å². The quantitative estimate of drug-likeness (QED) is 0.901. The molecule has 0 aromatic heterocycles. The number of hydrogen-bond donors (Lipinski definition) is 1. The highest BCUT2D eigenvalue weighted by Gasteiger charge is 2.23. The first kappa shape index (κ1) is 17.4. The number of methoxy groups -OCH3 is 1. The van der Waals surface area contributed by atoms with Crippen LogP contribution in [0.25, 0.3) is 0 Å². The number of ether oxygens (including phenoxy) is 1. The molecule has 1 heterocycles. The largest absolute Gasteiger partial charge is 0.495 e. The normalized spacial score (nSPS) is 14.4. The summed E-state index contributed by atoms with van der Waals surface area (Å²) >= 11 is 5.98. The number of benzene rings is 2. The lowest BCUT2D eigenvalue weighted by atomic mass is 10.2. The standard InChI is InChI=1S/C18H19ClFN3O2/c1-25-17-7-6-13(19)12-15(17)21-18(24)23-10-8-22(9-11-23)16-5-3-2-4-14(16)20/h2-7,12H,8-11H2,1H3,(H,21,24). The molecule has 3 rings (SSSR count). The second-order valence-corrected chi connectivity index (χ2v) is 6.14. The third-order valence-corrected chi connectivity index (χ3v) is 4.40. The average molecular weight is 364 g/mol. The zero-order valence-corrected chi connectivity index (χ0v) is 14.6. The summed E-state index contributed by atoms with van der Waals surface area (Å²) in [4.78, 5) is 16.1. The van der Waals surface area contributed by atoms with Gasteiger partial charge in [0, 0.05) is 31.2 Å². The summed E-state index contributed by atoms with van der Waals surface area (Å²) in [7, 11) is 1.53. The van der Waals surface area contributed by atoms with Crippen LogP contribution in [0.4, 0.5) is 20.6 Å². The number of nitrogens with one attached hydrogen (secondary N) is 1. The summed E-state index contributed by atoms with van der Waals surface area (Å²) in [6.45, 7) is 2.15. The van der Waals surface area contributed by atoms with Crippen LogP contribution in [0, 0.1) is 5.82 Å². The Bertz CT molecular complexity index is 764. The fraction of sp³-hybridized carbons (Fsp3) is 0.278. The smallest absolute Gasteiger partial charge is 0.322 e. The summed E-state index contributed by atoms with van der Waals surface area (Å²) in [5, 5.41) is 3.34. The van der Waals surface area contributed by atoms with Crippen LogP contribution in [0.3, 0.4) is 0 Å². The van der Waals surface area contributed by atoms with Gasteiger partial charge in [0.25, 0.3) is 0 Å². The van der Waals surface area contributed by atoms with Crippen LogP contribution in [0.2, 0.25) is 5.02 Å². The van der Waals surface area contributed by atoms with Crippen molar-refractivity contribution in [1.29, 1.82) is 0 Å². The second-order valence-electron chi connectivity index (χ2n) is 5.70. The molecule has 2 aromatic carbocycles. The number of halogens is 2. The first-order chi connectivity index (χ1) is 12.1. The van der Waals surface area contributed by atoms with Crippen LogP contribution in [0.5, 0.6) is 5.75 Å². The van der Waals surface area contributed by atoms with Crippen LogP contribution in [-0.4, -0.2) is 44.2 Å². The zero-order chi connectivity index (χ0) is 17.8. The molecular weight excluding hydrogens is 345 g/mol. The third-order valence-electron chi connectivity index (χ3n) is 4.16. The van der Waals surface area contributed by atoms with Crippen LogP contribution in [0.1, 0.15) is 0 Å². The van der Waals surface area contributed by atoms with Gasteiger partial charge in [0.15, 0.2) is 0 Å². The van der Waals surface area contributed by atoms with Crippen molar-refractivity contribution < 1.29 is 13.9 Å². The SMILES string of the molecule is COc1ccc(Cl)cc1NC(=O)N1CCN(c2ccccc2F)CC1. The number of rotatable bonds is 3. The lowest BCUT2D eigenvalue weighted by molar-refractivity contribution is 0.208. The molecule has 1 saturated heterocycles. The number of amides is 2. The fourth-order valence-electron chi connectivity index (χ4n) is 2.83. The Labute approximate surface area is 150 Å². The van der Waals surface area contributed by atoms with E-state index in [0.29, 0.717) is 48.3 Å². The van der Waals surface area contributed by atoms with Gasteiger partial charge in [-0.15, -0.1) is 0 Å². The van der Waals surface area contributed by atoms with Crippen LogP contribution in [-0.2, 0) is 0 Å². The van der Waals surface area contributed by atoms with Crippen molar-refractivity contribution in [3.05, 3.63) is 53.3 Å². The lowest BCUT2D eigenvalue weighted by Gasteiger charge is -2.36. The van der Waals surface area contributed by atoms with E-state index in [1.54, 1.807) is 35.2 Å².